The second-order valence-electron chi connectivity index (χ2n) is 3.63. The molecule has 80 valence electrons. The van der Waals surface area contributed by atoms with Gasteiger partial charge in [-0.25, -0.2) is 0 Å². The van der Waals surface area contributed by atoms with Crippen LogP contribution in [0.1, 0.15) is 26.7 Å². The van der Waals surface area contributed by atoms with Crippen LogP contribution in [0.2, 0.25) is 0 Å². The fraction of sp³-hybridized carbons (Fsp3) is 0.417. The molecule has 1 aliphatic rings. The fourth-order valence-electron chi connectivity index (χ4n) is 1.77. The Morgan fingerprint density at radius 2 is 2.53 bits per heavy atom. The predicted octanol–water partition coefficient (Wildman–Crippen LogP) is 3.67. The molecule has 1 N–H and O–H groups in total. The highest BCUT2D eigenvalue weighted by Crippen LogP contribution is 2.41. The molecule has 1 atom stereocenters. The molecule has 0 aromatic carbocycles. The van der Waals surface area contributed by atoms with Gasteiger partial charge in [0.1, 0.15) is 0 Å². The molecule has 1 aromatic rings. The highest BCUT2D eigenvalue weighted by molar-refractivity contribution is 8.00. The zero-order valence-electron chi connectivity index (χ0n) is 9.16. The average molecular weight is 220 g/mol. The van der Waals surface area contributed by atoms with Crippen molar-refractivity contribution in [2.45, 2.75) is 37.0 Å². The van der Waals surface area contributed by atoms with Gasteiger partial charge in [0, 0.05) is 11.1 Å². The van der Waals surface area contributed by atoms with Crippen molar-refractivity contribution < 1.29 is 0 Å². The smallest absolute Gasteiger partial charge is 0.0987 e. The standard InChI is InChI=1S/C12H16N2S/c1-3-5-9(4-2)12-14-10-8-13-7-6-11(10)15-12/h4,6-8,12,14H,3,5H2,1-2H3/b9-4-. The van der Waals surface area contributed by atoms with Gasteiger partial charge in [0.05, 0.1) is 17.3 Å². The first-order valence-electron chi connectivity index (χ1n) is 5.37. The summed E-state index contributed by atoms with van der Waals surface area (Å²) in [6, 6.07) is 2.08. The van der Waals surface area contributed by atoms with Crippen LogP contribution in [0.3, 0.4) is 0 Å². The van der Waals surface area contributed by atoms with Crippen molar-refractivity contribution in [3.63, 3.8) is 0 Å². The Bertz CT molecular complexity index is 349. The molecule has 0 radical (unpaired) electrons. The summed E-state index contributed by atoms with van der Waals surface area (Å²) in [6.45, 7) is 4.34. The van der Waals surface area contributed by atoms with Crippen molar-refractivity contribution in [1.82, 2.24) is 4.98 Å². The molecule has 0 aliphatic carbocycles. The number of hydrogen-bond donors (Lipinski definition) is 1. The van der Waals surface area contributed by atoms with Crippen LogP contribution in [0.15, 0.2) is 35.0 Å². The molecule has 2 rings (SSSR count). The highest BCUT2D eigenvalue weighted by Gasteiger charge is 2.23. The van der Waals surface area contributed by atoms with Gasteiger partial charge in [-0.3, -0.25) is 4.98 Å². The lowest BCUT2D eigenvalue weighted by atomic mass is 10.1. The van der Waals surface area contributed by atoms with E-state index in [1.54, 1.807) is 0 Å². The van der Waals surface area contributed by atoms with Crippen molar-refractivity contribution in [3.05, 3.63) is 30.1 Å². The molecule has 0 spiro atoms. The molecule has 0 amide bonds. The Balaban J connectivity index is 2.12. The van der Waals surface area contributed by atoms with Crippen molar-refractivity contribution >= 4 is 17.4 Å². The molecule has 2 nitrogen and oxygen atoms in total. The lowest BCUT2D eigenvalue weighted by Gasteiger charge is -2.13. The minimum atomic E-state index is 0.411. The average Bonchev–Trinajstić information content (AvgIpc) is 2.69. The van der Waals surface area contributed by atoms with Gasteiger partial charge in [-0.2, -0.15) is 0 Å². The third kappa shape index (κ3) is 2.17. The van der Waals surface area contributed by atoms with Gasteiger partial charge in [-0.05, 0) is 25.0 Å². The van der Waals surface area contributed by atoms with E-state index in [0.29, 0.717) is 5.37 Å². The SMILES string of the molecule is C/C=C(/CCC)C1Nc2cnccc2S1. The molecule has 3 heteroatoms. The van der Waals surface area contributed by atoms with Crippen LogP contribution in [0.5, 0.6) is 0 Å². The van der Waals surface area contributed by atoms with E-state index in [1.165, 1.54) is 29.0 Å². The Morgan fingerprint density at radius 1 is 1.67 bits per heavy atom. The Kier molecular flexibility index (Phi) is 3.31. The highest BCUT2D eigenvalue weighted by atomic mass is 32.2. The third-order valence-electron chi connectivity index (χ3n) is 2.56. The molecule has 0 saturated carbocycles. The lowest BCUT2D eigenvalue weighted by molar-refractivity contribution is 0.870. The maximum absolute atomic E-state index is 4.13. The normalized spacial score (nSPS) is 19.9. The molecule has 1 aliphatic heterocycles. The quantitative estimate of drug-likeness (QED) is 0.787. The molecule has 1 aromatic heterocycles. The Morgan fingerprint density at radius 3 is 3.20 bits per heavy atom. The van der Waals surface area contributed by atoms with Crippen LogP contribution in [0.25, 0.3) is 0 Å². The first kappa shape index (κ1) is 10.6. The minimum absolute atomic E-state index is 0.411. The molecule has 0 saturated heterocycles. The van der Waals surface area contributed by atoms with Crippen LogP contribution < -0.4 is 5.32 Å². The number of nitrogens with zero attached hydrogens (tertiary/aromatic N) is 1. The van der Waals surface area contributed by atoms with E-state index >= 15 is 0 Å². The maximum Gasteiger partial charge on any atom is 0.0987 e. The summed E-state index contributed by atoms with van der Waals surface area (Å²) in [5.41, 5.74) is 2.65. The topological polar surface area (TPSA) is 24.9 Å². The van der Waals surface area contributed by atoms with Crippen molar-refractivity contribution in [3.8, 4) is 0 Å². The maximum atomic E-state index is 4.13. The van der Waals surface area contributed by atoms with Crippen molar-refractivity contribution in [2.75, 3.05) is 5.32 Å². The first-order valence-corrected chi connectivity index (χ1v) is 6.25. The van der Waals surface area contributed by atoms with Gasteiger partial charge >= 0.3 is 0 Å². The second kappa shape index (κ2) is 4.71. The molecule has 1 unspecified atom stereocenters. The number of anilines is 1. The molecule has 2 heterocycles. The summed E-state index contributed by atoms with van der Waals surface area (Å²) < 4.78 is 0. The number of hydrogen-bond acceptors (Lipinski definition) is 3. The van der Waals surface area contributed by atoms with Gasteiger partial charge < -0.3 is 5.32 Å². The molecule has 0 fully saturated rings. The number of thioether (sulfide) groups is 1. The zero-order valence-corrected chi connectivity index (χ0v) is 9.97. The van der Waals surface area contributed by atoms with E-state index in [2.05, 4.69) is 36.3 Å². The van der Waals surface area contributed by atoms with Crippen molar-refractivity contribution in [2.24, 2.45) is 0 Å². The monoisotopic (exact) mass is 220 g/mol. The van der Waals surface area contributed by atoms with E-state index in [0.717, 1.165) is 0 Å². The Labute approximate surface area is 95.2 Å². The summed E-state index contributed by atoms with van der Waals surface area (Å²) in [4.78, 5) is 5.44. The van der Waals surface area contributed by atoms with Crippen LogP contribution in [-0.4, -0.2) is 10.4 Å². The van der Waals surface area contributed by atoms with E-state index < -0.39 is 0 Å². The van der Waals surface area contributed by atoms with E-state index in [-0.39, 0.29) is 0 Å². The summed E-state index contributed by atoms with van der Waals surface area (Å²) in [5, 5.41) is 3.91. The molecule has 0 bridgehead atoms. The number of nitrogens with one attached hydrogen (secondary N) is 1. The number of aromatic nitrogens is 1. The summed E-state index contributed by atoms with van der Waals surface area (Å²) in [6.07, 6.45) is 8.36. The van der Waals surface area contributed by atoms with Crippen LogP contribution in [0.4, 0.5) is 5.69 Å². The minimum Gasteiger partial charge on any atom is -0.367 e. The van der Waals surface area contributed by atoms with E-state index in [9.17, 15) is 0 Å². The summed E-state index contributed by atoms with van der Waals surface area (Å²) >= 11 is 1.89. The third-order valence-corrected chi connectivity index (χ3v) is 3.82. The summed E-state index contributed by atoms with van der Waals surface area (Å²) in [7, 11) is 0. The molecular weight excluding hydrogens is 204 g/mol. The van der Waals surface area contributed by atoms with Crippen LogP contribution in [-0.2, 0) is 0 Å². The van der Waals surface area contributed by atoms with Gasteiger partial charge in [-0.15, -0.1) is 0 Å². The predicted molar refractivity (Wildman–Crippen MR) is 66.2 cm³/mol. The fourth-order valence-corrected chi connectivity index (χ4v) is 3.00. The van der Waals surface area contributed by atoms with Gasteiger partial charge in [0.25, 0.3) is 0 Å². The summed E-state index contributed by atoms with van der Waals surface area (Å²) in [5.74, 6) is 0. The number of rotatable bonds is 3. The van der Waals surface area contributed by atoms with E-state index in [1.807, 2.05) is 24.2 Å². The number of fused-ring (bicyclic) bond motifs is 1. The zero-order chi connectivity index (χ0) is 10.7. The number of allylic oxidation sites excluding steroid dienone is 1. The van der Waals surface area contributed by atoms with E-state index in [4.69, 9.17) is 0 Å². The molecule has 15 heavy (non-hydrogen) atoms. The molecular formula is C12H16N2S. The second-order valence-corrected chi connectivity index (χ2v) is 4.77. The van der Waals surface area contributed by atoms with Crippen LogP contribution in [0, 0.1) is 0 Å². The number of pyridine rings is 1. The first-order chi connectivity index (χ1) is 7.35. The lowest BCUT2D eigenvalue weighted by Crippen LogP contribution is -2.13. The largest absolute Gasteiger partial charge is 0.367 e. The van der Waals surface area contributed by atoms with Gasteiger partial charge in [0.15, 0.2) is 0 Å². The van der Waals surface area contributed by atoms with Gasteiger partial charge in [0.2, 0.25) is 0 Å². The van der Waals surface area contributed by atoms with Crippen molar-refractivity contribution in [1.29, 1.82) is 0 Å². The Hall–Kier alpha value is -0.960. The van der Waals surface area contributed by atoms with Gasteiger partial charge in [-0.1, -0.05) is 31.2 Å². The van der Waals surface area contributed by atoms with Crippen LogP contribution >= 0.6 is 11.8 Å².